The first-order valence-electron chi connectivity index (χ1n) is 6.92. The van der Waals surface area contributed by atoms with Crippen LogP contribution in [0.4, 0.5) is 4.39 Å². The van der Waals surface area contributed by atoms with Gasteiger partial charge in [-0.3, -0.25) is 9.59 Å². The molecule has 1 aromatic carbocycles. The van der Waals surface area contributed by atoms with Gasteiger partial charge in [-0.1, -0.05) is 12.1 Å². The Bertz CT molecular complexity index is 503. The molecule has 1 aliphatic rings. The summed E-state index contributed by atoms with van der Waals surface area (Å²) in [4.78, 5) is 21.9. The molecule has 0 saturated carbocycles. The molecule has 0 spiro atoms. The fourth-order valence-electron chi connectivity index (χ4n) is 2.42. The van der Waals surface area contributed by atoms with Crippen LogP contribution in [0.25, 0.3) is 0 Å². The molecule has 1 amide bonds. The Morgan fingerprint density at radius 3 is 2.67 bits per heavy atom. The van der Waals surface area contributed by atoms with Crippen LogP contribution < -0.4 is 5.32 Å². The molecule has 5 nitrogen and oxygen atoms in total. The fourth-order valence-corrected chi connectivity index (χ4v) is 2.42. The quantitative estimate of drug-likeness (QED) is 0.840. The third kappa shape index (κ3) is 4.53. The molecule has 0 bridgehead atoms. The molecular weight excluding hydrogens is 277 g/mol. The molecule has 6 heteroatoms. The Labute approximate surface area is 122 Å². The van der Waals surface area contributed by atoms with Crippen LogP contribution in [0.5, 0.6) is 0 Å². The van der Waals surface area contributed by atoms with E-state index in [4.69, 9.17) is 9.84 Å². The van der Waals surface area contributed by atoms with E-state index >= 15 is 0 Å². The van der Waals surface area contributed by atoms with Crippen LogP contribution in [0, 0.1) is 11.7 Å². The van der Waals surface area contributed by atoms with Crippen LogP contribution in [0.3, 0.4) is 0 Å². The van der Waals surface area contributed by atoms with Gasteiger partial charge in [-0.15, -0.1) is 0 Å². The number of carboxylic acid groups (broad SMARTS) is 1. The van der Waals surface area contributed by atoms with Gasteiger partial charge in [0.1, 0.15) is 5.82 Å². The van der Waals surface area contributed by atoms with Gasteiger partial charge in [0, 0.05) is 25.5 Å². The Morgan fingerprint density at radius 2 is 2.00 bits per heavy atom. The minimum absolute atomic E-state index is 0.0237. The normalized spacial score (nSPS) is 21.2. The lowest BCUT2D eigenvalue weighted by Crippen LogP contribution is -2.30. The number of halogens is 1. The highest BCUT2D eigenvalue weighted by atomic mass is 19.1. The van der Waals surface area contributed by atoms with Gasteiger partial charge in [0.15, 0.2) is 0 Å². The predicted octanol–water partition coefficient (Wildman–Crippen LogP) is 1.88. The summed E-state index contributed by atoms with van der Waals surface area (Å²) in [6.07, 6.45) is 0.449. The third-order valence-electron chi connectivity index (χ3n) is 3.54. The number of benzene rings is 1. The van der Waals surface area contributed by atoms with Crippen LogP contribution in [0.15, 0.2) is 24.3 Å². The van der Waals surface area contributed by atoms with E-state index in [1.807, 2.05) is 0 Å². The summed E-state index contributed by atoms with van der Waals surface area (Å²) in [7, 11) is 0. The van der Waals surface area contributed by atoms with Crippen LogP contribution in [0.2, 0.25) is 0 Å². The number of nitrogens with one attached hydrogen (secondary N) is 1. The topological polar surface area (TPSA) is 75.6 Å². The van der Waals surface area contributed by atoms with Crippen molar-refractivity contribution in [3.63, 3.8) is 0 Å². The number of carboxylic acids is 1. The molecule has 2 N–H and O–H groups in total. The number of ether oxygens (including phenoxy) is 1. The number of rotatable bonds is 6. The Balaban J connectivity index is 1.86. The maximum Gasteiger partial charge on any atom is 0.303 e. The van der Waals surface area contributed by atoms with Crippen molar-refractivity contribution < 1.29 is 23.8 Å². The van der Waals surface area contributed by atoms with Crippen LogP contribution >= 0.6 is 0 Å². The molecule has 2 rings (SSSR count). The van der Waals surface area contributed by atoms with E-state index in [-0.39, 0.29) is 36.6 Å². The molecule has 1 saturated heterocycles. The number of carbonyl (C=O) groups is 2. The summed E-state index contributed by atoms with van der Waals surface area (Å²) in [6.45, 7) is 1.03. The van der Waals surface area contributed by atoms with Gasteiger partial charge in [0.2, 0.25) is 5.91 Å². The van der Waals surface area contributed by atoms with E-state index in [9.17, 15) is 14.0 Å². The monoisotopic (exact) mass is 295 g/mol. The Kier molecular flexibility index (Phi) is 5.27. The number of amides is 1. The third-order valence-corrected chi connectivity index (χ3v) is 3.54. The lowest BCUT2D eigenvalue weighted by atomic mass is 9.95. The Morgan fingerprint density at radius 1 is 1.29 bits per heavy atom. The van der Waals surface area contributed by atoms with Gasteiger partial charge in [-0.2, -0.15) is 0 Å². The van der Waals surface area contributed by atoms with Crippen molar-refractivity contribution in [1.29, 1.82) is 0 Å². The van der Waals surface area contributed by atoms with Crippen molar-refractivity contribution in [2.24, 2.45) is 5.92 Å². The lowest BCUT2D eigenvalue weighted by molar-refractivity contribution is -0.138. The highest BCUT2D eigenvalue weighted by Crippen LogP contribution is 2.34. The Hall–Kier alpha value is -1.95. The number of carbonyl (C=O) groups excluding carboxylic acids is 1. The van der Waals surface area contributed by atoms with Crippen molar-refractivity contribution >= 4 is 11.9 Å². The van der Waals surface area contributed by atoms with E-state index in [1.165, 1.54) is 12.1 Å². The molecule has 114 valence electrons. The summed E-state index contributed by atoms with van der Waals surface area (Å²) in [5, 5.41) is 11.3. The maximum absolute atomic E-state index is 12.9. The molecule has 2 atom stereocenters. The minimum atomic E-state index is -0.987. The van der Waals surface area contributed by atoms with Crippen LogP contribution in [-0.2, 0) is 14.3 Å². The molecule has 1 aromatic rings. The molecule has 0 aliphatic carbocycles. The van der Waals surface area contributed by atoms with Crippen LogP contribution in [0.1, 0.15) is 30.9 Å². The number of hydrogen-bond donors (Lipinski definition) is 2. The first kappa shape index (κ1) is 15.4. The smallest absolute Gasteiger partial charge is 0.303 e. The SMILES string of the molecule is O=C(O)CCC(=O)NC[C@@H]1CCO[C@H]1c1ccc(F)cc1. The van der Waals surface area contributed by atoms with E-state index < -0.39 is 5.97 Å². The first-order chi connectivity index (χ1) is 10.1. The van der Waals surface area contributed by atoms with Crippen molar-refractivity contribution in [2.45, 2.75) is 25.4 Å². The van der Waals surface area contributed by atoms with E-state index in [1.54, 1.807) is 12.1 Å². The first-order valence-corrected chi connectivity index (χ1v) is 6.92. The highest BCUT2D eigenvalue weighted by Gasteiger charge is 2.29. The minimum Gasteiger partial charge on any atom is -0.481 e. The standard InChI is InChI=1S/C15H18FNO4/c16-12-3-1-10(2-4-12)15-11(7-8-21-15)9-17-13(18)5-6-14(19)20/h1-4,11,15H,5-9H2,(H,17,18)(H,19,20)/t11-,15-/m0/s1. The number of hydrogen-bond acceptors (Lipinski definition) is 3. The van der Waals surface area contributed by atoms with Gasteiger partial charge in [0.05, 0.1) is 12.5 Å². The average Bonchev–Trinajstić information content (AvgIpc) is 2.92. The van der Waals surface area contributed by atoms with Crippen molar-refractivity contribution in [3.05, 3.63) is 35.6 Å². The molecule has 0 unspecified atom stereocenters. The summed E-state index contributed by atoms with van der Waals surface area (Å²) < 4.78 is 18.6. The lowest BCUT2D eigenvalue weighted by Gasteiger charge is -2.19. The predicted molar refractivity (Wildman–Crippen MR) is 73.1 cm³/mol. The van der Waals surface area contributed by atoms with Gasteiger partial charge in [-0.25, -0.2) is 4.39 Å². The molecule has 0 radical (unpaired) electrons. The molecule has 21 heavy (non-hydrogen) atoms. The maximum atomic E-state index is 12.9. The largest absolute Gasteiger partial charge is 0.481 e. The van der Waals surface area contributed by atoms with E-state index in [2.05, 4.69) is 5.32 Å². The molecule has 1 aliphatic heterocycles. The summed E-state index contributed by atoms with van der Waals surface area (Å²) >= 11 is 0. The molecule has 0 aromatic heterocycles. The summed E-state index contributed by atoms with van der Waals surface area (Å²) in [5.41, 5.74) is 0.888. The second-order valence-electron chi connectivity index (χ2n) is 5.09. The van der Waals surface area contributed by atoms with Crippen LogP contribution in [-0.4, -0.2) is 30.1 Å². The highest BCUT2D eigenvalue weighted by molar-refractivity contribution is 5.80. The van der Waals surface area contributed by atoms with E-state index in [0.29, 0.717) is 13.2 Å². The van der Waals surface area contributed by atoms with Crippen molar-refractivity contribution in [3.8, 4) is 0 Å². The van der Waals surface area contributed by atoms with Gasteiger partial charge in [-0.05, 0) is 24.1 Å². The van der Waals surface area contributed by atoms with Gasteiger partial charge < -0.3 is 15.2 Å². The summed E-state index contributed by atoms with van der Waals surface area (Å²) in [6, 6.07) is 6.15. The van der Waals surface area contributed by atoms with Gasteiger partial charge >= 0.3 is 5.97 Å². The number of aliphatic carboxylic acids is 1. The molecule has 1 fully saturated rings. The average molecular weight is 295 g/mol. The van der Waals surface area contributed by atoms with Crippen molar-refractivity contribution in [1.82, 2.24) is 5.32 Å². The van der Waals surface area contributed by atoms with Gasteiger partial charge in [0.25, 0.3) is 0 Å². The molecule has 1 heterocycles. The zero-order valence-corrected chi connectivity index (χ0v) is 11.5. The second-order valence-corrected chi connectivity index (χ2v) is 5.09. The molecular formula is C15H18FNO4. The second kappa shape index (κ2) is 7.17. The fraction of sp³-hybridized carbons (Fsp3) is 0.467. The van der Waals surface area contributed by atoms with E-state index in [0.717, 1.165) is 12.0 Å². The zero-order valence-electron chi connectivity index (χ0n) is 11.5. The summed E-state index contributed by atoms with van der Waals surface area (Å²) in [5.74, 6) is -1.44. The zero-order chi connectivity index (χ0) is 15.2. The van der Waals surface area contributed by atoms with Crippen molar-refractivity contribution in [2.75, 3.05) is 13.2 Å².